The molecule has 1 N–H and O–H groups in total. The number of hydrogen-bond donors (Lipinski definition) is 1. The summed E-state index contributed by atoms with van der Waals surface area (Å²) in [5, 5.41) is 0. The average molecular weight is 301 g/mol. The van der Waals surface area contributed by atoms with Crippen LogP contribution in [0, 0.1) is 24.4 Å². The van der Waals surface area contributed by atoms with Crippen molar-refractivity contribution in [3.8, 4) is 0 Å². The van der Waals surface area contributed by atoms with Crippen molar-refractivity contribution in [2.75, 3.05) is 4.72 Å². The first kappa shape index (κ1) is 14.4. The number of benzene rings is 2. The molecule has 20 heavy (non-hydrogen) atoms. The van der Waals surface area contributed by atoms with Crippen LogP contribution in [0.3, 0.4) is 0 Å². The van der Waals surface area contributed by atoms with Gasteiger partial charge >= 0.3 is 0 Å². The summed E-state index contributed by atoms with van der Waals surface area (Å²) in [4.78, 5) is -0.877. The average Bonchev–Trinajstić information content (AvgIpc) is 2.35. The molecule has 0 heterocycles. The molecule has 0 atom stereocenters. The van der Waals surface area contributed by atoms with Crippen LogP contribution in [0.15, 0.2) is 41.3 Å². The van der Waals surface area contributed by atoms with Gasteiger partial charge in [0.25, 0.3) is 10.0 Å². The lowest BCUT2D eigenvalue weighted by molar-refractivity contribution is 0.555. The van der Waals surface area contributed by atoms with Crippen LogP contribution >= 0.6 is 0 Å². The molecule has 2 aromatic rings. The molecule has 2 aromatic carbocycles. The highest BCUT2D eigenvalue weighted by atomic mass is 32.2. The lowest BCUT2D eigenvalue weighted by Gasteiger charge is -2.10. The Balaban J connectivity index is 2.43. The summed E-state index contributed by atoms with van der Waals surface area (Å²) in [6.45, 7) is 1.63. The maximum absolute atomic E-state index is 13.6. The highest BCUT2D eigenvalue weighted by molar-refractivity contribution is 7.92. The van der Waals surface area contributed by atoms with Crippen molar-refractivity contribution in [2.45, 2.75) is 11.8 Å². The number of sulfonamides is 1. The van der Waals surface area contributed by atoms with E-state index in [1.165, 1.54) is 12.1 Å². The van der Waals surface area contributed by atoms with E-state index in [4.69, 9.17) is 0 Å². The first-order valence-electron chi connectivity index (χ1n) is 5.53. The van der Waals surface area contributed by atoms with Crippen molar-refractivity contribution in [1.82, 2.24) is 0 Å². The van der Waals surface area contributed by atoms with Crippen LogP contribution in [-0.2, 0) is 10.0 Å². The number of hydrogen-bond acceptors (Lipinski definition) is 2. The standard InChI is InChI=1S/C13H10F3NO2S/c1-8-2-5-12(11(16)6-8)17-20(18,19)13-7-9(14)3-4-10(13)15/h2-7,17H,1H3. The summed E-state index contributed by atoms with van der Waals surface area (Å²) in [6, 6.07) is 5.84. The fourth-order valence-corrected chi connectivity index (χ4v) is 2.74. The van der Waals surface area contributed by atoms with E-state index in [0.717, 1.165) is 12.1 Å². The second-order valence-electron chi connectivity index (χ2n) is 4.16. The van der Waals surface area contributed by atoms with Crippen molar-refractivity contribution >= 4 is 15.7 Å². The molecule has 0 amide bonds. The lowest BCUT2D eigenvalue weighted by atomic mass is 10.2. The Morgan fingerprint density at radius 2 is 1.65 bits per heavy atom. The van der Waals surface area contributed by atoms with Gasteiger partial charge in [0.05, 0.1) is 5.69 Å². The molecule has 0 aromatic heterocycles. The fourth-order valence-electron chi connectivity index (χ4n) is 1.59. The molecule has 3 nitrogen and oxygen atoms in total. The minimum atomic E-state index is -4.41. The van der Waals surface area contributed by atoms with E-state index in [0.29, 0.717) is 17.7 Å². The van der Waals surface area contributed by atoms with E-state index in [2.05, 4.69) is 0 Å². The summed E-state index contributed by atoms with van der Waals surface area (Å²) in [5.41, 5.74) is 0.265. The molecule has 2 rings (SSSR count). The van der Waals surface area contributed by atoms with Gasteiger partial charge in [-0.3, -0.25) is 4.72 Å². The van der Waals surface area contributed by atoms with Crippen LogP contribution in [0.25, 0.3) is 0 Å². The Kier molecular flexibility index (Phi) is 3.71. The fraction of sp³-hybridized carbons (Fsp3) is 0.0769. The summed E-state index contributed by atoms with van der Waals surface area (Å²) < 4.78 is 65.8. The van der Waals surface area contributed by atoms with Crippen molar-refractivity contribution in [2.24, 2.45) is 0 Å². The van der Waals surface area contributed by atoms with Crippen molar-refractivity contribution < 1.29 is 21.6 Å². The molecule has 106 valence electrons. The summed E-state index contributed by atoms with van der Waals surface area (Å²) in [6.07, 6.45) is 0. The topological polar surface area (TPSA) is 46.2 Å². The summed E-state index contributed by atoms with van der Waals surface area (Å²) in [5.74, 6) is -2.83. The number of nitrogens with one attached hydrogen (secondary N) is 1. The van der Waals surface area contributed by atoms with Gasteiger partial charge in [-0.2, -0.15) is 0 Å². The van der Waals surface area contributed by atoms with Gasteiger partial charge < -0.3 is 0 Å². The van der Waals surface area contributed by atoms with Gasteiger partial charge in [0.15, 0.2) is 0 Å². The van der Waals surface area contributed by atoms with Crippen LogP contribution in [0.1, 0.15) is 5.56 Å². The highest BCUT2D eigenvalue weighted by Gasteiger charge is 2.21. The van der Waals surface area contributed by atoms with E-state index in [1.54, 1.807) is 6.92 Å². The highest BCUT2D eigenvalue weighted by Crippen LogP contribution is 2.22. The van der Waals surface area contributed by atoms with Crippen molar-refractivity contribution in [1.29, 1.82) is 0 Å². The van der Waals surface area contributed by atoms with Gasteiger partial charge in [-0.1, -0.05) is 6.07 Å². The Bertz CT molecular complexity index is 760. The quantitative estimate of drug-likeness (QED) is 0.946. The molecular formula is C13H10F3NO2S. The Morgan fingerprint density at radius 3 is 2.30 bits per heavy atom. The SMILES string of the molecule is Cc1ccc(NS(=O)(=O)c2cc(F)ccc2F)c(F)c1. The van der Waals surface area contributed by atoms with Gasteiger partial charge in [-0.25, -0.2) is 21.6 Å². The van der Waals surface area contributed by atoms with Gasteiger partial charge in [-0.15, -0.1) is 0 Å². The smallest absolute Gasteiger partial charge is 0.265 e. The molecule has 0 unspecified atom stereocenters. The molecule has 0 saturated heterocycles. The largest absolute Gasteiger partial charge is 0.277 e. The van der Waals surface area contributed by atoms with Crippen LogP contribution < -0.4 is 4.72 Å². The number of anilines is 1. The Hall–Kier alpha value is -2.02. The number of halogens is 3. The minimum absolute atomic E-state index is 0.334. The van der Waals surface area contributed by atoms with E-state index in [-0.39, 0.29) is 5.69 Å². The van der Waals surface area contributed by atoms with Gasteiger partial charge in [0, 0.05) is 0 Å². The Labute approximate surface area is 114 Å². The number of aryl methyl sites for hydroxylation is 1. The zero-order valence-electron chi connectivity index (χ0n) is 10.3. The molecule has 0 aliphatic heterocycles. The van der Waals surface area contributed by atoms with E-state index < -0.39 is 32.4 Å². The minimum Gasteiger partial charge on any atom is -0.277 e. The predicted octanol–water partition coefficient (Wildman–Crippen LogP) is 3.21. The molecule has 7 heteroatoms. The lowest BCUT2D eigenvalue weighted by Crippen LogP contribution is -2.15. The van der Waals surface area contributed by atoms with E-state index >= 15 is 0 Å². The van der Waals surface area contributed by atoms with E-state index in [1.807, 2.05) is 4.72 Å². The van der Waals surface area contributed by atoms with Crippen LogP contribution in [0.2, 0.25) is 0 Å². The molecule has 0 spiro atoms. The molecule has 0 bridgehead atoms. The first-order chi connectivity index (χ1) is 9.29. The van der Waals surface area contributed by atoms with Crippen molar-refractivity contribution in [3.05, 3.63) is 59.4 Å². The van der Waals surface area contributed by atoms with Crippen LogP contribution in [0.5, 0.6) is 0 Å². The monoisotopic (exact) mass is 301 g/mol. The molecule has 0 fully saturated rings. The van der Waals surface area contributed by atoms with Crippen LogP contribution in [-0.4, -0.2) is 8.42 Å². The molecule has 0 saturated carbocycles. The summed E-state index contributed by atoms with van der Waals surface area (Å²) >= 11 is 0. The van der Waals surface area contributed by atoms with Gasteiger partial charge in [-0.05, 0) is 42.8 Å². The van der Waals surface area contributed by atoms with Crippen molar-refractivity contribution in [3.63, 3.8) is 0 Å². The summed E-state index contributed by atoms with van der Waals surface area (Å²) in [7, 11) is -4.41. The third-order valence-corrected chi connectivity index (χ3v) is 3.93. The van der Waals surface area contributed by atoms with Gasteiger partial charge in [0.1, 0.15) is 22.3 Å². The predicted molar refractivity (Wildman–Crippen MR) is 68.3 cm³/mol. The number of rotatable bonds is 3. The maximum Gasteiger partial charge on any atom is 0.265 e. The van der Waals surface area contributed by atoms with Gasteiger partial charge in [0.2, 0.25) is 0 Å². The zero-order chi connectivity index (χ0) is 14.9. The second-order valence-corrected chi connectivity index (χ2v) is 5.81. The Morgan fingerprint density at radius 1 is 0.950 bits per heavy atom. The molecule has 0 aliphatic carbocycles. The third kappa shape index (κ3) is 2.93. The third-order valence-electron chi connectivity index (χ3n) is 2.55. The molecular weight excluding hydrogens is 291 g/mol. The maximum atomic E-state index is 13.6. The zero-order valence-corrected chi connectivity index (χ0v) is 11.1. The normalized spacial score (nSPS) is 11.4. The molecule has 0 aliphatic rings. The first-order valence-corrected chi connectivity index (χ1v) is 7.02. The van der Waals surface area contributed by atoms with E-state index in [9.17, 15) is 21.6 Å². The van der Waals surface area contributed by atoms with Crippen LogP contribution in [0.4, 0.5) is 18.9 Å². The second kappa shape index (κ2) is 5.16. The molecule has 0 radical (unpaired) electrons.